The van der Waals surface area contributed by atoms with Crippen LogP contribution in [0.2, 0.25) is 0 Å². The average molecular weight is 327 g/mol. The summed E-state index contributed by atoms with van der Waals surface area (Å²) >= 11 is 0. The molecule has 0 saturated carbocycles. The smallest absolute Gasteiger partial charge is 0.335 e. The Labute approximate surface area is 141 Å². The van der Waals surface area contributed by atoms with Gasteiger partial charge < -0.3 is 15.2 Å². The van der Waals surface area contributed by atoms with E-state index >= 15 is 0 Å². The molecule has 2 N–H and O–H groups in total. The van der Waals surface area contributed by atoms with Crippen LogP contribution in [-0.2, 0) is 10.2 Å². The molecule has 5 nitrogen and oxygen atoms in total. The van der Waals surface area contributed by atoms with E-state index < -0.39 is 5.97 Å². The standard InChI is InChI=1S/C19H21NO4/c1-19(2,3)14-7-9-16(10-8-14)24-12-17(21)20-15-6-4-5-13(11-15)18(22)23/h4-11H,12H2,1-3H3,(H,20,21)(H,22,23). The van der Waals surface area contributed by atoms with Crippen LogP contribution in [-0.4, -0.2) is 23.6 Å². The number of anilines is 1. The summed E-state index contributed by atoms with van der Waals surface area (Å²) < 4.78 is 5.46. The van der Waals surface area contributed by atoms with Crippen molar-refractivity contribution in [3.05, 3.63) is 59.7 Å². The molecule has 0 bridgehead atoms. The zero-order valence-corrected chi connectivity index (χ0v) is 14.0. The molecule has 2 aromatic carbocycles. The fourth-order valence-electron chi connectivity index (χ4n) is 2.13. The highest BCUT2D eigenvalue weighted by Crippen LogP contribution is 2.24. The maximum absolute atomic E-state index is 11.9. The highest BCUT2D eigenvalue weighted by molar-refractivity contribution is 5.94. The third-order valence-electron chi connectivity index (χ3n) is 3.48. The largest absolute Gasteiger partial charge is 0.484 e. The summed E-state index contributed by atoms with van der Waals surface area (Å²) in [4.78, 5) is 22.8. The molecule has 2 aromatic rings. The Morgan fingerprint density at radius 3 is 2.33 bits per heavy atom. The first-order chi connectivity index (χ1) is 11.3. The molecule has 0 aromatic heterocycles. The van der Waals surface area contributed by atoms with Crippen molar-refractivity contribution in [1.29, 1.82) is 0 Å². The van der Waals surface area contributed by atoms with Crippen molar-refractivity contribution in [1.82, 2.24) is 0 Å². The summed E-state index contributed by atoms with van der Waals surface area (Å²) in [7, 11) is 0. The third kappa shape index (κ3) is 4.84. The molecule has 2 rings (SSSR count). The average Bonchev–Trinajstić information content (AvgIpc) is 2.53. The summed E-state index contributed by atoms with van der Waals surface area (Å²) in [5.41, 5.74) is 1.79. The molecule has 0 aliphatic rings. The minimum atomic E-state index is -1.04. The number of amides is 1. The molecular weight excluding hydrogens is 306 g/mol. The van der Waals surface area contributed by atoms with Gasteiger partial charge in [0.25, 0.3) is 5.91 Å². The van der Waals surface area contributed by atoms with E-state index in [1.54, 1.807) is 12.1 Å². The summed E-state index contributed by atoms with van der Waals surface area (Å²) in [6, 6.07) is 13.7. The normalized spacial score (nSPS) is 11.0. The number of carbonyl (C=O) groups is 2. The molecule has 5 heteroatoms. The highest BCUT2D eigenvalue weighted by Gasteiger charge is 2.13. The van der Waals surface area contributed by atoms with Crippen LogP contribution >= 0.6 is 0 Å². The quantitative estimate of drug-likeness (QED) is 0.878. The highest BCUT2D eigenvalue weighted by atomic mass is 16.5. The Hall–Kier alpha value is -2.82. The minimum Gasteiger partial charge on any atom is -0.484 e. The lowest BCUT2D eigenvalue weighted by molar-refractivity contribution is -0.118. The first-order valence-corrected chi connectivity index (χ1v) is 7.62. The molecule has 0 unspecified atom stereocenters. The molecule has 0 aliphatic carbocycles. The number of hydrogen-bond donors (Lipinski definition) is 2. The van der Waals surface area contributed by atoms with Gasteiger partial charge in [-0.05, 0) is 41.3 Å². The molecule has 0 aliphatic heterocycles. The Bertz CT molecular complexity index is 730. The zero-order valence-electron chi connectivity index (χ0n) is 14.0. The van der Waals surface area contributed by atoms with E-state index in [9.17, 15) is 9.59 Å². The van der Waals surface area contributed by atoms with E-state index in [0.29, 0.717) is 11.4 Å². The number of carboxylic acids is 1. The molecule has 0 saturated heterocycles. The second kappa shape index (κ2) is 7.17. The maximum atomic E-state index is 11.9. The van der Waals surface area contributed by atoms with E-state index in [1.807, 2.05) is 24.3 Å². The van der Waals surface area contributed by atoms with Crippen LogP contribution in [0.5, 0.6) is 5.75 Å². The van der Waals surface area contributed by atoms with Crippen LogP contribution in [0.4, 0.5) is 5.69 Å². The Kier molecular flexibility index (Phi) is 5.24. The molecule has 126 valence electrons. The Morgan fingerprint density at radius 1 is 1.08 bits per heavy atom. The van der Waals surface area contributed by atoms with Crippen LogP contribution in [0.3, 0.4) is 0 Å². The van der Waals surface area contributed by atoms with Gasteiger partial charge in [-0.15, -0.1) is 0 Å². The van der Waals surface area contributed by atoms with E-state index in [-0.39, 0.29) is 23.5 Å². The Balaban J connectivity index is 1.91. The van der Waals surface area contributed by atoms with Gasteiger partial charge in [0.05, 0.1) is 5.56 Å². The van der Waals surface area contributed by atoms with Gasteiger partial charge in [-0.1, -0.05) is 39.0 Å². The topological polar surface area (TPSA) is 75.6 Å². The van der Waals surface area contributed by atoms with E-state index in [2.05, 4.69) is 26.1 Å². The number of rotatable bonds is 5. The molecular formula is C19H21NO4. The second-order valence-electron chi connectivity index (χ2n) is 6.50. The number of nitrogens with one attached hydrogen (secondary N) is 1. The van der Waals surface area contributed by atoms with Crippen molar-refractivity contribution in [3.8, 4) is 5.75 Å². The zero-order chi connectivity index (χ0) is 17.7. The SMILES string of the molecule is CC(C)(C)c1ccc(OCC(=O)Nc2cccc(C(=O)O)c2)cc1. The van der Waals surface area contributed by atoms with Crippen molar-refractivity contribution in [3.63, 3.8) is 0 Å². The van der Waals surface area contributed by atoms with Gasteiger partial charge >= 0.3 is 5.97 Å². The lowest BCUT2D eigenvalue weighted by Crippen LogP contribution is -2.20. The predicted octanol–water partition coefficient (Wildman–Crippen LogP) is 3.70. The van der Waals surface area contributed by atoms with Crippen molar-refractivity contribution in [2.45, 2.75) is 26.2 Å². The van der Waals surface area contributed by atoms with Gasteiger partial charge in [-0.2, -0.15) is 0 Å². The maximum Gasteiger partial charge on any atom is 0.335 e. The monoisotopic (exact) mass is 327 g/mol. The summed E-state index contributed by atoms with van der Waals surface area (Å²) in [6.45, 7) is 6.23. The number of aromatic carboxylic acids is 1. The number of carboxylic acid groups (broad SMARTS) is 1. The minimum absolute atomic E-state index is 0.0606. The van der Waals surface area contributed by atoms with Crippen LogP contribution in [0.25, 0.3) is 0 Å². The molecule has 1 amide bonds. The van der Waals surface area contributed by atoms with Crippen LogP contribution in [0.15, 0.2) is 48.5 Å². The molecule has 0 atom stereocenters. The van der Waals surface area contributed by atoms with Gasteiger partial charge in [0.15, 0.2) is 6.61 Å². The van der Waals surface area contributed by atoms with Crippen molar-refractivity contribution < 1.29 is 19.4 Å². The summed E-state index contributed by atoms with van der Waals surface area (Å²) in [5, 5.41) is 11.6. The lowest BCUT2D eigenvalue weighted by atomic mass is 9.87. The molecule has 0 fully saturated rings. The van der Waals surface area contributed by atoms with Crippen molar-refractivity contribution >= 4 is 17.6 Å². The number of benzene rings is 2. The summed E-state index contributed by atoms with van der Waals surface area (Å²) in [5.74, 6) is -0.781. The van der Waals surface area contributed by atoms with Crippen molar-refractivity contribution in [2.24, 2.45) is 0 Å². The van der Waals surface area contributed by atoms with Gasteiger partial charge in [0, 0.05) is 5.69 Å². The van der Waals surface area contributed by atoms with Crippen molar-refractivity contribution in [2.75, 3.05) is 11.9 Å². The van der Waals surface area contributed by atoms with E-state index in [4.69, 9.17) is 9.84 Å². The second-order valence-corrected chi connectivity index (χ2v) is 6.50. The van der Waals surface area contributed by atoms with E-state index in [1.165, 1.54) is 17.7 Å². The molecule has 0 radical (unpaired) electrons. The fraction of sp³-hybridized carbons (Fsp3) is 0.263. The van der Waals surface area contributed by atoms with Crippen LogP contribution in [0, 0.1) is 0 Å². The Morgan fingerprint density at radius 2 is 1.75 bits per heavy atom. The van der Waals surface area contributed by atoms with Crippen LogP contribution in [0.1, 0.15) is 36.7 Å². The number of ether oxygens (including phenoxy) is 1. The first-order valence-electron chi connectivity index (χ1n) is 7.62. The number of carbonyl (C=O) groups excluding carboxylic acids is 1. The molecule has 0 spiro atoms. The van der Waals surface area contributed by atoms with Gasteiger partial charge in [-0.3, -0.25) is 4.79 Å². The van der Waals surface area contributed by atoms with Gasteiger partial charge in [0.2, 0.25) is 0 Å². The first kappa shape index (κ1) is 17.5. The predicted molar refractivity (Wildman–Crippen MR) is 92.7 cm³/mol. The summed E-state index contributed by atoms with van der Waals surface area (Å²) in [6.07, 6.45) is 0. The molecule has 24 heavy (non-hydrogen) atoms. The lowest BCUT2D eigenvalue weighted by Gasteiger charge is -2.19. The third-order valence-corrected chi connectivity index (χ3v) is 3.48. The van der Waals surface area contributed by atoms with Crippen LogP contribution < -0.4 is 10.1 Å². The fourth-order valence-corrected chi connectivity index (χ4v) is 2.13. The number of hydrogen-bond acceptors (Lipinski definition) is 3. The van der Waals surface area contributed by atoms with Gasteiger partial charge in [-0.25, -0.2) is 4.79 Å². The van der Waals surface area contributed by atoms with E-state index in [0.717, 1.165) is 0 Å². The van der Waals surface area contributed by atoms with Gasteiger partial charge in [0.1, 0.15) is 5.75 Å². The molecule has 0 heterocycles.